The summed E-state index contributed by atoms with van der Waals surface area (Å²) in [6.07, 6.45) is 3.37. The molecule has 1 unspecified atom stereocenters. The van der Waals surface area contributed by atoms with Crippen molar-refractivity contribution in [2.45, 2.75) is 39.2 Å². The largest absolute Gasteiger partial charge is 0.383 e. The normalized spacial score (nSPS) is 18.1. The van der Waals surface area contributed by atoms with E-state index in [1.807, 2.05) is 0 Å². The fourth-order valence-corrected chi connectivity index (χ4v) is 1.91. The van der Waals surface area contributed by atoms with Gasteiger partial charge in [-0.1, -0.05) is 0 Å². The first-order valence-corrected chi connectivity index (χ1v) is 5.87. The van der Waals surface area contributed by atoms with Crippen molar-refractivity contribution in [2.75, 3.05) is 26.8 Å². The van der Waals surface area contributed by atoms with Gasteiger partial charge in [0.1, 0.15) is 5.78 Å². The maximum absolute atomic E-state index is 11.0. The molecule has 0 amide bonds. The quantitative estimate of drug-likeness (QED) is 0.615. The molecule has 1 aliphatic rings. The van der Waals surface area contributed by atoms with Crippen molar-refractivity contribution >= 4 is 5.78 Å². The van der Waals surface area contributed by atoms with Crippen LogP contribution < -0.4 is 0 Å². The van der Waals surface area contributed by atoms with Gasteiger partial charge in [0, 0.05) is 32.7 Å². The zero-order valence-electron chi connectivity index (χ0n) is 10.2. The number of hydrogen-bond donors (Lipinski definition) is 0. The van der Waals surface area contributed by atoms with Gasteiger partial charge in [-0.15, -0.1) is 0 Å². The van der Waals surface area contributed by atoms with Gasteiger partial charge in [-0.05, 0) is 32.6 Å². The Hall–Kier alpha value is -0.410. The van der Waals surface area contributed by atoms with E-state index in [1.54, 1.807) is 14.0 Å². The van der Waals surface area contributed by atoms with Gasteiger partial charge in [-0.3, -0.25) is 9.69 Å². The predicted molar refractivity (Wildman–Crippen MR) is 60.9 cm³/mol. The Kier molecular flexibility index (Phi) is 5.26. The molecule has 1 atom stereocenters. The highest BCUT2D eigenvalue weighted by Crippen LogP contribution is 2.35. The second-order valence-corrected chi connectivity index (χ2v) is 4.56. The Bertz CT molecular complexity index is 202. The molecule has 1 aliphatic carbocycles. The molecule has 0 N–H and O–H groups in total. The average molecular weight is 213 g/mol. The van der Waals surface area contributed by atoms with Crippen LogP contribution >= 0.6 is 0 Å². The molecule has 1 saturated carbocycles. The third-order valence-corrected chi connectivity index (χ3v) is 3.21. The van der Waals surface area contributed by atoms with Crippen molar-refractivity contribution in [3.63, 3.8) is 0 Å². The lowest BCUT2D eigenvalue weighted by Gasteiger charge is -2.28. The van der Waals surface area contributed by atoms with Gasteiger partial charge < -0.3 is 4.74 Å². The molecule has 3 nitrogen and oxygen atoms in total. The number of methoxy groups -OCH3 is 1. The smallest absolute Gasteiger partial charge is 0.131 e. The van der Waals surface area contributed by atoms with Crippen LogP contribution in [0.15, 0.2) is 0 Å². The van der Waals surface area contributed by atoms with Gasteiger partial charge in [0.25, 0.3) is 0 Å². The molecule has 0 radical (unpaired) electrons. The summed E-state index contributed by atoms with van der Waals surface area (Å²) >= 11 is 0. The van der Waals surface area contributed by atoms with Gasteiger partial charge in [0.15, 0.2) is 0 Å². The van der Waals surface area contributed by atoms with Gasteiger partial charge in [-0.25, -0.2) is 0 Å². The minimum Gasteiger partial charge on any atom is -0.383 e. The minimum atomic E-state index is 0.278. The van der Waals surface area contributed by atoms with Crippen molar-refractivity contribution in [1.82, 2.24) is 4.90 Å². The number of nitrogens with zero attached hydrogens (tertiary/aromatic N) is 1. The lowest BCUT2D eigenvalue weighted by molar-refractivity contribution is -0.117. The predicted octanol–water partition coefficient (Wildman–Crippen LogP) is 1.71. The Morgan fingerprint density at radius 2 is 2.13 bits per heavy atom. The number of Topliss-reactive ketones (excluding diaryl/α,β-unsaturated/α-hetero) is 1. The second-order valence-electron chi connectivity index (χ2n) is 4.56. The Labute approximate surface area is 92.8 Å². The van der Waals surface area contributed by atoms with Crippen LogP contribution in [-0.2, 0) is 9.53 Å². The van der Waals surface area contributed by atoms with Crippen molar-refractivity contribution in [2.24, 2.45) is 5.92 Å². The van der Waals surface area contributed by atoms with Gasteiger partial charge in [0.05, 0.1) is 6.61 Å². The minimum absolute atomic E-state index is 0.278. The Balaban J connectivity index is 2.32. The zero-order valence-corrected chi connectivity index (χ0v) is 10.2. The first kappa shape index (κ1) is 12.7. The summed E-state index contributed by atoms with van der Waals surface area (Å²) in [5.74, 6) is 1.13. The van der Waals surface area contributed by atoms with Crippen LogP contribution in [0.2, 0.25) is 0 Å². The van der Waals surface area contributed by atoms with Crippen LogP contribution in [0.1, 0.15) is 33.1 Å². The number of ether oxygens (including phenoxy) is 1. The van der Waals surface area contributed by atoms with Crippen molar-refractivity contribution < 1.29 is 9.53 Å². The third-order valence-electron chi connectivity index (χ3n) is 3.21. The number of carbonyl (C=O) groups is 1. The molecule has 1 fully saturated rings. The summed E-state index contributed by atoms with van der Waals surface area (Å²) in [7, 11) is 1.73. The molecule has 0 aromatic rings. The summed E-state index contributed by atoms with van der Waals surface area (Å²) in [5.41, 5.74) is 0. The molecule has 0 spiro atoms. The molecule has 15 heavy (non-hydrogen) atoms. The average Bonchev–Trinajstić information content (AvgIpc) is 3.00. The summed E-state index contributed by atoms with van der Waals surface area (Å²) in [4.78, 5) is 13.4. The molecule has 0 heterocycles. The maximum Gasteiger partial charge on any atom is 0.131 e. The lowest BCUT2D eigenvalue weighted by Crippen LogP contribution is -2.38. The zero-order chi connectivity index (χ0) is 11.3. The Morgan fingerprint density at radius 1 is 1.47 bits per heavy atom. The molecule has 0 bridgehead atoms. The third kappa shape index (κ3) is 4.76. The van der Waals surface area contributed by atoms with E-state index in [9.17, 15) is 4.79 Å². The second kappa shape index (κ2) is 6.23. The molecular weight excluding hydrogens is 190 g/mol. The molecule has 1 rings (SSSR count). The van der Waals surface area contributed by atoms with Crippen LogP contribution in [0.25, 0.3) is 0 Å². The number of hydrogen-bond acceptors (Lipinski definition) is 3. The fraction of sp³-hybridized carbons (Fsp3) is 0.917. The van der Waals surface area contributed by atoms with E-state index in [-0.39, 0.29) is 5.78 Å². The molecule has 0 aliphatic heterocycles. The highest BCUT2D eigenvalue weighted by atomic mass is 16.5. The first-order valence-electron chi connectivity index (χ1n) is 5.87. The van der Waals surface area contributed by atoms with Crippen molar-refractivity contribution in [1.29, 1.82) is 0 Å². The van der Waals surface area contributed by atoms with E-state index < -0.39 is 0 Å². The van der Waals surface area contributed by atoms with Gasteiger partial charge in [0.2, 0.25) is 0 Å². The van der Waals surface area contributed by atoms with E-state index >= 15 is 0 Å². The lowest BCUT2D eigenvalue weighted by atomic mass is 10.1. The van der Waals surface area contributed by atoms with E-state index in [0.29, 0.717) is 12.5 Å². The monoisotopic (exact) mass is 213 g/mol. The first-order chi connectivity index (χ1) is 7.15. The summed E-state index contributed by atoms with van der Waals surface area (Å²) in [6.45, 7) is 6.52. The topological polar surface area (TPSA) is 29.5 Å². The number of rotatable bonds is 8. The molecule has 0 aromatic heterocycles. The summed E-state index contributed by atoms with van der Waals surface area (Å²) in [5, 5.41) is 0. The van der Waals surface area contributed by atoms with Crippen molar-refractivity contribution in [3.05, 3.63) is 0 Å². The van der Waals surface area contributed by atoms with E-state index in [4.69, 9.17) is 4.74 Å². The van der Waals surface area contributed by atoms with Crippen LogP contribution in [0.4, 0.5) is 0 Å². The van der Waals surface area contributed by atoms with Gasteiger partial charge >= 0.3 is 0 Å². The molecule has 0 saturated heterocycles. The molecule has 88 valence electrons. The van der Waals surface area contributed by atoms with Crippen LogP contribution in [0.5, 0.6) is 0 Å². The summed E-state index contributed by atoms with van der Waals surface area (Å²) < 4.78 is 5.10. The Morgan fingerprint density at radius 3 is 2.60 bits per heavy atom. The standard InChI is InChI=1S/C12H23NO2/c1-10(14)6-7-13(8-9-15-3)11(2)12-4-5-12/h11-12H,4-9H2,1-3H3. The highest BCUT2D eigenvalue weighted by Gasteiger charge is 2.31. The van der Waals surface area contributed by atoms with Crippen LogP contribution in [0, 0.1) is 5.92 Å². The number of ketones is 1. The number of carbonyl (C=O) groups excluding carboxylic acids is 1. The van der Waals surface area contributed by atoms with Crippen LogP contribution in [-0.4, -0.2) is 43.5 Å². The highest BCUT2D eigenvalue weighted by molar-refractivity contribution is 5.75. The fourth-order valence-electron chi connectivity index (χ4n) is 1.91. The van der Waals surface area contributed by atoms with Crippen LogP contribution in [0.3, 0.4) is 0 Å². The van der Waals surface area contributed by atoms with Gasteiger partial charge in [-0.2, -0.15) is 0 Å². The molecular formula is C12H23NO2. The molecule has 3 heteroatoms. The maximum atomic E-state index is 11.0. The van der Waals surface area contributed by atoms with E-state index in [2.05, 4.69) is 11.8 Å². The van der Waals surface area contributed by atoms with E-state index in [1.165, 1.54) is 12.8 Å². The SMILES string of the molecule is COCCN(CCC(C)=O)C(C)C1CC1. The summed E-state index contributed by atoms with van der Waals surface area (Å²) in [6, 6.07) is 0.611. The van der Waals surface area contributed by atoms with Crippen molar-refractivity contribution in [3.8, 4) is 0 Å². The molecule has 0 aromatic carbocycles. The van der Waals surface area contributed by atoms with E-state index in [0.717, 1.165) is 25.6 Å².